The Balaban J connectivity index is 2.19. The van der Waals surface area contributed by atoms with Crippen molar-refractivity contribution in [2.45, 2.75) is 46.2 Å². The summed E-state index contributed by atoms with van der Waals surface area (Å²) in [5.74, 6) is 0.314. The molecule has 0 saturated carbocycles. The van der Waals surface area contributed by atoms with E-state index in [-0.39, 0.29) is 18.4 Å². The van der Waals surface area contributed by atoms with Gasteiger partial charge in [0.25, 0.3) is 5.91 Å². The Labute approximate surface area is 187 Å². The smallest absolute Gasteiger partial charge is 0.261 e. The van der Waals surface area contributed by atoms with Crippen LogP contribution < -0.4 is 10.1 Å². The van der Waals surface area contributed by atoms with E-state index in [0.29, 0.717) is 25.3 Å². The van der Waals surface area contributed by atoms with Gasteiger partial charge in [0.2, 0.25) is 5.91 Å². The Bertz CT molecular complexity index is 808. The minimum atomic E-state index is -0.533. The summed E-state index contributed by atoms with van der Waals surface area (Å²) in [7, 11) is 0. The SMILES string of the molecule is CCCNC(=O)C(CC)N(Cc1ccccc1C)C(=O)COc1ccc(I)cc1. The maximum absolute atomic E-state index is 13.1. The highest BCUT2D eigenvalue weighted by Crippen LogP contribution is 2.17. The summed E-state index contributed by atoms with van der Waals surface area (Å²) >= 11 is 2.22. The molecule has 0 aliphatic heterocycles. The Morgan fingerprint density at radius 1 is 1.10 bits per heavy atom. The van der Waals surface area contributed by atoms with Gasteiger partial charge < -0.3 is 15.0 Å². The van der Waals surface area contributed by atoms with Gasteiger partial charge in [-0.15, -0.1) is 0 Å². The van der Waals surface area contributed by atoms with Gasteiger partial charge >= 0.3 is 0 Å². The van der Waals surface area contributed by atoms with Gasteiger partial charge in [-0.2, -0.15) is 0 Å². The molecule has 0 aliphatic carbocycles. The van der Waals surface area contributed by atoms with Crippen LogP contribution >= 0.6 is 22.6 Å². The van der Waals surface area contributed by atoms with Crippen LogP contribution in [0.4, 0.5) is 0 Å². The van der Waals surface area contributed by atoms with Gasteiger partial charge in [-0.1, -0.05) is 38.1 Å². The van der Waals surface area contributed by atoms with E-state index in [1.54, 1.807) is 4.90 Å². The minimum Gasteiger partial charge on any atom is -0.484 e. The van der Waals surface area contributed by atoms with Gasteiger partial charge in [-0.05, 0) is 77.7 Å². The van der Waals surface area contributed by atoms with Crippen molar-refractivity contribution >= 4 is 34.4 Å². The number of benzene rings is 2. The third-order valence-electron chi connectivity index (χ3n) is 4.71. The highest BCUT2D eigenvalue weighted by atomic mass is 127. The second-order valence-corrected chi connectivity index (χ2v) is 8.15. The number of nitrogens with one attached hydrogen (secondary N) is 1. The molecule has 2 amide bonds. The summed E-state index contributed by atoms with van der Waals surface area (Å²) in [6.45, 7) is 6.81. The van der Waals surface area contributed by atoms with Crippen LogP contribution in [0, 0.1) is 10.5 Å². The van der Waals surface area contributed by atoms with Crippen molar-refractivity contribution in [3.63, 3.8) is 0 Å². The highest BCUT2D eigenvalue weighted by molar-refractivity contribution is 14.1. The monoisotopic (exact) mass is 508 g/mol. The summed E-state index contributed by atoms with van der Waals surface area (Å²) < 4.78 is 6.80. The number of rotatable bonds is 10. The van der Waals surface area contributed by atoms with E-state index in [2.05, 4.69) is 27.9 Å². The predicted octanol–water partition coefficient (Wildman–Crippen LogP) is 4.31. The molecule has 0 spiro atoms. The predicted molar refractivity (Wildman–Crippen MR) is 124 cm³/mol. The summed E-state index contributed by atoms with van der Waals surface area (Å²) in [6.07, 6.45) is 1.39. The molecule has 0 heterocycles. The lowest BCUT2D eigenvalue weighted by molar-refractivity contribution is -0.143. The Kier molecular flexibility index (Phi) is 9.44. The second-order valence-electron chi connectivity index (χ2n) is 6.91. The molecule has 0 aromatic heterocycles. The number of aryl methyl sites for hydroxylation is 1. The van der Waals surface area contributed by atoms with Crippen LogP contribution in [0.1, 0.15) is 37.8 Å². The topological polar surface area (TPSA) is 58.6 Å². The number of hydrogen-bond donors (Lipinski definition) is 1. The van der Waals surface area contributed by atoms with E-state index in [1.807, 2.05) is 69.3 Å². The first kappa shape index (κ1) is 23.2. The van der Waals surface area contributed by atoms with E-state index >= 15 is 0 Å². The van der Waals surface area contributed by atoms with Gasteiger partial charge in [-0.3, -0.25) is 9.59 Å². The van der Waals surface area contributed by atoms with Crippen molar-refractivity contribution in [2.75, 3.05) is 13.2 Å². The average Bonchev–Trinajstić information content (AvgIpc) is 2.72. The van der Waals surface area contributed by atoms with Crippen molar-refractivity contribution in [3.8, 4) is 5.75 Å². The molecule has 29 heavy (non-hydrogen) atoms. The lowest BCUT2D eigenvalue weighted by atomic mass is 10.1. The quantitative estimate of drug-likeness (QED) is 0.487. The zero-order chi connectivity index (χ0) is 21.2. The summed E-state index contributed by atoms with van der Waals surface area (Å²) in [6, 6.07) is 14.9. The van der Waals surface area contributed by atoms with E-state index in [0.717, 1.165) is 21.1 Å². The van der Waals surface area contributed by atoms with Crippen LogP contribution in [-0.2, 0) is 16.1 Å². The number of carbonyl (C=O) groups is 2. The normalized spacial score (nSPS) is 11.6. The molecule has 1 unspecified atom stereocenters. The number of halogens is 1. The minimum absolute atomic E-state index is 0.107. The fourth-order valence-electron chi connectivity index (χ4n) is 3.02. The molecule has 1 N–H and O–H groups in total. The van der Waals surface area contributed by atoms with Gasteiger partial charge in [-0.25, -0.2) is 0 Å². The maximum Gasteiger partial charge on any atom is 0.261 e. The van der Waals surface area contributed by atoms with Crippen molar-refractivity contribution in [1.82, 2.24) is 10.2 Å². The van der Waals surface area contributed by atoms with Crippen molar-refractivity contribution < 1.29 is 14.3 Å². The van der Waals surface area contributed by atoms with E-state index in [9.17, 15) is 9.59 Å². The molecule has 0 bridgehead atoms. The van der Waals surface area contributed by atoms with Crippen LogP contribution in [0.3, 0.4) is 0 Å². The third-order valence-corrected chi connectivity index (χ3v) is 5.43. The first-order chi connectivity index (χ1) is 14.0. The van der Waals surface area contributed by atoms with Crippen molar-refractivity contribution in [1.29, 1.82) is 0 Å². The Hall–Kier alpha value is -2.09. The zero-order valence-corrected chi connectivity index (χ0v) is 19.4. The number of hydrogen-bond acceptors (Lipinski definition) is 3. The standard InChI is InChI=1S/C23H29IN2O3/c1-4-14-25-23(28)21(5-2)26(15-18-9-7-6-8-17(18)3)22(27)16-29-20-12-10-19(24)11-13-20/h6-13,21H,4-5,14-16H2,1-3H3,(H,25,28). The number of amides is 2. The molecule has 2 aromatic carbocycles. The van der Waals surface area contributed by atoms with Crippen LogP contribution in [0.5, 0.6) is 5.75 Å². The largest absolute Gasteiger partial charge is 0.484 e. The van der Waals surface area contributed by atoms with Crippen LogP contribution in [0.15, 0.2) is 48.5 Å². The lowest BCUT2D eigenvalue weighted by Crippen LogP contribution is -2.50. The molecule has 0 aliphatic rings. The Morgan fingerprint density at radius 3 is 2.41 bits per heavy atom. The van der Waals surface area contributed by atoms with Crippen molar-refractivity contribution in [2.24, 2.45) is 0 Å². The molecule has 156 valence electrons. The molecule has 1 atom stereocenters. The van der Waals surface area contributed by atoms with Crippen LogP contribution in [0.25, 0.3) is 0 Å². The van der Waals surface area contributed by atoms with E-state index in [4.69, 9.17) is 4.74 Å². The molecule has 0 radical (unpaired) electrons. The molecule has 2 rings (SSSR count). The van der Waals surface area contributed by atoms with Gasteiger partial charge in [0.1, 0.15) is 11.8 Å². The van der Waals surface area contributed by atoms with Crippen LogP contribution in [-0.4, -0.2) is 35.9 Å². The molecule has 0 fully saturated rings. The van der Waals surface area contributed by atoms with Gasteiger partial charge in [0.15, 0.2) is 6.61 Å². The molecular weight excluding hydrogens is 479 g/mol. The summed E-state index contributed by atoms with van der Waals surface area (Å²) in [4.78, 5) is 27.5. The van der Waals surface area contributed by atoms with E-state index in [1.165, 1.54) is 0 Å². The molecular formula is C23H29IN2O3. The van der Waals surface area contributed by atoms with Gasteiger partial charge in [0, 0.05) is 16.7 Å². The number of ether oxygens (including phenoxy) is 1. The maximum atomic E-state index is 13.1. The molecule has 5 nitrogen and oxygen atoms in total. The molecule has 2 aromatic rings. The first-order valence-electron chi connectivity index (χ1n) is 9.96. The number of nitrogens with zero attached hydrogens (tertiary/aromatic N) is 1. The average molecular weight is 508 g/mol. The second kappa shape index (κ2) is 11.8. The summed E-state index contributed by atoms with van der Waals surface area (Å²) in [5, 5.41) is 2.92. The first-order valence-corrected chi connectivity index (χ1v) is 11.0. The number of carbonyl (C=O) groups excluding carboxylic acids is 2. The van der Waals surface area contributed by atoms with Crippen LogP contribution in [0.2, 0.25) is 0 Å². The summed E-state index contributed by atoms with van der Waals surface area (Å²) in [5.41, 5.74) is 2.12. The fourth-order valence-corrected chi connectivity index (χ4v) is 3.37. The fraction of sp³-hybridized carbons (Fsp3) is 0.391. The lowest BCUT2D eigenvalue weighted by Gasteiger charge is -2.31. The third kappa shape index (κ3) is 7.03. The van der Waals surface area contributed by atoms with Crippen molar-refractivity contribution in [3.05, 3.63) is 63.2 Å². The Morgan fingerprint density at radius 2 is 1.79 bits per heavy atom. The highest BCUT2D eigenvalue weighted by Gasteiger charge is 2.29. The molecule has 0 saturated heterocycles. The zero-order valence-electron chi connectivity index (χ0n) is 17.3. The molecule has 6 heteroatoms. The van der Waals surface area contributed by atoms with E-state index < -0.39 is 6.04 Å². The van der Waals surface area contributed by atoms with Gasteiger partial charge in [0.05, 0.1) is 0 Å².